The molecule has 3 rings (SSSR count). The van der Waals surface area contributed by atoms with Gasteiger partial charge in [0, 0.05) is 38.8 Å². The minimum absolute atomic E-state index is 0. The molecule has 8 nitrogen and oxygen atoms in total. The number of hydrogen-bond acceptors (Lipinski definition) is 5. The molecule has 1 amide bonds. The number of nitrogens with zero attached hydrogens (tertiary/aromatic N) is 3. The van der Waals surface area contributed by atoms with Gasteiger partial charge in [0.1, 0.15) is 4.90 Å². The third kappa shape index (κ3) is 5.68. The third-order valence-corrected chi connectivity index (χ3v) is 7.69. The minimum atomic E-state index is -3.50. The third-order valence-electron chi connectivity index (χ3n) is 5.83. The average Bonchev–Trinajstić information content (AvgIpc) is 3.10. The maximum Gasteiger partial charge on any atom is 0.246 e. The number of sulfonamides is 1. The summed E-state index contributed by atoms with van der Waals surface area (Å²) in [6.07, 6.45) is 7.02. The fraction of sp³-hybridized carbons (Fsp3) is 0.778. The molecular formula is C18H32ClN5O3S. The molecule has 2 N–H and O–H groups in total. The summed E-state index contributed by atoms with van der Waals surface area (Å²) in [7, 11) is -1.80. The molecule has 1 aromatic rings. The van der Waals surface area contributed by atoms with E-state index in [1.54, 1.807) is 7.05 Å². The molecule has 0 aromatic carbocycles. The number of aromatic nitrogens is 2. The lowest BCUT2D eigenvalue weighted by atomic mass is 9.84. The summed E-state index contributed by atoms with van der Waals surface area (Å²) in [5, 5.41) is 10.4. The summed E-state index contributed by atoms with van der Waals surface area (Å²) in [5.74, 6) is 1.09. The van der Waals surface area contributed by atoms with Crippen molar-refractivity contribution in [3.63, 3.8) is 0 Å². The van der Waals surface area contributed by atoms with Crippen LogP contribution in [-0.4, -0.2) is 60.6 Å². The van der Waals surface area contributed by atoms with E-state index in [9.17, 15) is 13.2 Å². The van der Waals surface area contributed by atoms with Crippen LogP contribution in [0.15, 0.2) is 17.3 Å². The number of hydrogen-bond donors (Lipinski definition) is 2. The molecule has 0 radical (unpaired) electrons. The molecule has 0 bridgehead atoms. The number of nitrogens with one attached hydrogen (secondary N) is 2. The zero-order chi connectivity index (χ0) is 19.4. The quantitative estimate of drug-likeness (QED) is 0.701. The normalized spacial score (nSPS) is 21.1. The van der Waals surface area contributed by atoms with Crippen LogP contribution in [0.2, 0.25) is 0 Å². The van der Waals surface area contributed by atoms with Crippen molar-refractivity contribution >= 4 is 28.3 Å². The Bertz CT molecular complexity index is 740. The molecule has 10 heteroatoms. The Balaban J connectivity index is 0.00000280. The van der Waals surface area contributed by atoms with E-state index in [4.69, 9.17) is 0 Å². The number of carbonyl (C=O) groups is 1. The van der Waals surface area contributed by atoms with Crippen LogP contribution in [0.4, 0.5) is 0 Å². The summed E-state index contributed by atoms with van der Waals surface area (Å²) < 4.78 is 28.2. The van der Waals surface area contributed by atoms with Crippen LogP contribution >= 0.6 is 12.4 Å². The maximum absolute atomic E-state index is 12.6. The highest BCUT2D eigenvalue weighted by atomic mass is 35.5. The number of aryl methyl sites for hydroxylation is 1. The topological polar surface area (TPSA) is 96.3 Å². The Morgan fingerprint density at radius 3 is 2.50 bits per heavy atom. The first-order chi connectivity index (χ1) is 12.9. The highest BCUT2D eigenvalue weighted by molar-refractivity contribution is 7.89. The van der Waals surface area contributed by atoms with Gasteiger partial charge in [-0.15, -0.1) is 12.4 Å². The molecule has 1 atom stereocenters. The SMILES string of the molecule is CC(CC(=O)NC1CCN(S(=O)(=O)c2cnn(C)c2)CC1)C1CCNCC1.Cl. The van der Waals surface area contributed by atoms with Crippen LogP contribution in [0.1, 0.15) is 39.0 Å². The number of piperidine rings is 2. The van der Waals surface area contributed by atoms with Crippen LogP contribution in [-0.2, 0) is 21.9 Å². The lowest BCUT2D eigenvalue weighted by Crippen LogP contribution is -2.46. The van der Waals surface area contributed by atoms with Gasteiger partial charge in [-0.3, -0.25) is 9.48 Å². The van der Waals surface area contributed by atoms with E-state index in [2.05, 4.69) is 22.7 Å². The number of carbonyl (C=O) groups excluding carboxylic acids is 1. The van der Waals surface area contributed by atoms with Crippen LogP contribution in [0, 0.1) is 11.8 Å². The zero-order valence-corrected chi connectivity index (χ0v) is 18.3. The standard InChI is InChI=1S/C18H31N5O3S.ClH/c1-14(15-3-7-19-8-4-15)11-18(24)21-16-5-9-23(10-6-16)27(25,26)17-12-20-22(2)13-17;/h12-16,19H,3-11H2,1-2H3,(H,21,24);1H. The number of rotatable bonds is 6. The van der Waals surface area contributed by atoms with Crippen LogP contribution in [0.5, 0.6) is 0 Å². The molecule has 1 unspecified atom stereocenters. The van der Waals surface area contributed by atoms with Crippen molar-refractivity contribution < 1.29 is 13.2 Å². The van der Waals surface area contributed by atoms with Crippen molar-refractivity contribution in [3.05, 3.63) is 12.4 Å². The van der Waals surface area contributed by atoms with Gasteiger partial charge in [-0.05, 0) is 50.6 Å². The predicted molar refractivity (Wildman–Crippen MR) is 110 cm³/mol. The van der Waals surface area contributed by atoms with Crippen molar-refractivity contribution in [2.24, 2.45) is 18.9 Å². The van der Waals surface area contributed by atoms with Crippen molar-refractivity contribution in [3.8, 4) is 0 Å². The summed E-state index contributed by atoms with van der Waals surface area (Å²) >= 11 is 0. The molecule has 2 aliphatic rings. The molecule has 2 aliphatic heterocycles. The molecule has 28 heavy (non-hydrogen) atoms. The fourth-order valence-electron chi connectivity index (χ4n) is 4.08. The Kier molecular flexibility index (Phi) is 8.30. The summed E-state index contributed by atoms with van der Waals surface area (Å²) in [4.78, 5) is 12.6. The average molecular weight is 434 g/mol. The Labute approximate surface area is 173 Å². The molecule has 0 aliphatic carbocycles. The van der Waals surface area contributed by atoms with Gasteiger partial charge in [0.2, 0.25) is 15.9 Å². The van der Waals surface area contributed by atoms with Gasteiger partial charge < -0.3 is 10.6 Å². The zero-order valence-electron chi connectivity index (χ0n) is 16.6. The Morgan fingerprint density at radius 2 is 1.93 bits per heavy atom. The van der Waals surface area contributed by atoms with Crippen LogP contribution < -0.4 is 10.6 Å². The smallest absolute Gasteiger partial charge is 0.246 e. The summed E-state index contributed by atoms with van der Waals surface area (Å²) in [6.45, 7) is 5.09. The van der Waals surface area contributed by atoms with E-state index >= 15 is 0 Å². The van der Waals surface area contributed by atoms with E-state index in [0.29, 0.717) is 44.2 Å². The van der Waals surface area contributed by atoms with Gasteiger partial charge in [-0.2, -0.15) is 9.40 Å². The first kappa shape index (κ1) is 23.1. The van der Waals surface area contributed by atoms with Crippen molar-refractivity contribution in [2.45, 2.75) is 50.0 Å². The fourth-order valence-corrected chi connectivity index (χ4v) is 5.54. The second kappa shape index (κ2) is 10.0. The van der Waals surface area contributed by atoms with Gasteiger partial charge in [0.05, 0.1) is 6.20 Å². The lowest BCUT2D eigenvalue weighted by Gasteiger charge is -2.32. The minimum Gasteiger partial charge on any atom is -0.353 e. The van der Waals surface area contributed by atoms with E-state index in [1.165, 1.54) is 21.4 Å². The second-order valence-electron chi connectivity index (χ2n) is 7.86. The molecule has 0 saturated carbocycles. The molecule has 2 saturated heterocycles. The Hall–Kier alpha value is -1.16. The lowest BCUT2D eigenvalue weighted by molar-refractivity contribution is -0.123. The van der Waals surface area contributed by atoms with Crippen molar-refractivity contribution in [1.29, 1.82) is 0 Å². The van der Waals surface area contributed by atoms with E-state index in [0.717, 1.165) is 25.9 Å². The highest BCUT2D eigenvalue weighted by Gasteiger charge is 2.31. The van der Waals surface area contributed by atoms with Gasteiger partial charge in [-0.25, -0.2) is 8.42 Å². The van der Waals surface area contributed by atoms with E-state index in [-0.39, 0.29) is 29.3 Å². The number of halogens is 1. The van der Waals surface area contributed by atoms with Crippen molar-refractivity contribution in [1.82, 2.24) is 24.7 Å². The van der Waals surface area contributed by atoms with E-state index < -0.39 is 10.0 Å². The van der Waals surface area contributed by atoms with Gasteiger partial charge in [0.25, 0.3) is 0 Å². The monoisotopic (exact) mass is 433 g/mol. The van der Waals surface area contributed by atoms with Gasteiger partial charge >= 0.3 is 0 Å². The maximum atomic E-state index is 12.6. The molecule has 0 spiro atoms. The molecule has 2 fully saturated rings. The predicted octanol–water partition coefficient (Wildman–Crippen LogP) is 1.14. The van der Waals surface area contributed by atoms with Crippen LogP contribution in [0.3, 0.4) is 0 Å². The largest absolute Gasteiger partial charge is 0.353 e. The molecular weight excluding hydrogens is 402 g/mol. The summed E-state index contributed by atoms with van der Waals surface area (Å²) in [6, 6.07) is 0.0538. The highest BCUT2D eigenvalue weighted by Crippen LogP contribution is 2.25. The first-order valence-electron chi connectivity index (χ1n) is 9.85. The summed E-state index contributed by atoms with van der Waals surface area (Å²) in [5.41, 5.74) is 0. The van der Waals surface area contributed by atoms with Gasteiger partial charge in [-0.1, -0.05) is 6.92 Å². The number of amides is 1. The van der Waals surface area contributed by atoms with Crippen molar-refractivity contribution in [2.75, 3.05) is 26.2 Å². The molecule has 160 valence electrons. The molecule has 3 heterocycles. The van der Waals surface area contributed by atoms with E-state index in [1.807, 2.05) is 0 Å². The Morgan fingerprint density at radius 1 is 1.29 bits per heavy atom. The molecule has 1 aromatic heterocycles. The van der Waals surface area contributed by atoms with Gasteiger partial charge in [0.15, 0.2) is 0 Å². The first-order valence-corrected chi connectivity index (χ1v) is 11.3. The van der Waals surface area contributed by atoms with Crippen LogP contribution in [0.25, 0.3) is 0 Å². The second-order valence-corrected chi connectivity index (χ2v) is 9.80.